The predicted octanol–water partition coefficient (Wildman–Crippen LogP) is 3.08. The Balaban J connectivity index is 1.96. The Labute approximate surface area is 118 Å². The Morgan fingerprint density at radius 3 is 1.71 bits per heavy atom. The van der Waals surface area contributed by atoms with Crippen LogP contribution in [0.3, 0.4) is 0 Å². The minimum absolute atomic E-state index is 0.0603. The Bertz CT molecular complexity index is 405. The molecule has 0 aromatic rings. The lowest BCUT2D eigenvalue weighted by molar-refractivity contribution is 0.0158. The zero-order chi connectivity index (χ0) is 18.5. The molecule has 8 atom stereocenters. The highest BCUT2D eigenvalue weighted by atomic mass is 15.4. The third kappa shape index (κ3) is 2.68. The maximum atomic E-state index is 8.36. The summed E-state index contributed by atoms with van der Waals surface area (Å²) >= 11 is 0. The van der Waals surface area contributed by atoms with Gasteiger partial charge in [0.05, 0.1) is 6.17 Å². The third-order valence-corrected chi connectivity index (χ3v) is 3.94. The molecular weight excluding hydrogens is 208 g/mol. The van der Waals surface area contributed by atoms with Gasteiger partial charge in [-0.2, -0.15) is 0 Å². The van der Waals surface area contributed by atoms with Crippen LogP contribution in [0, 0.1) is 5.92 Å². The molecular formula is C15H28N2. The molecule has 0 N–H and O–H groups in total. The Hall–Kier alpha value is -0.0800. The summed E-state index contributed by atoms with van der Waals surface area (Å²) in [5, 5.41) is 0. The summed E-state index contributed by atoms with van der Waals surface area (Å²) in [6, 6.07) is 0. The van der Waals surface area contributed by atoms with Gasteiger partial charge in [-0.05, 0) is 70.4 Å². The van der Waals surface area contributed by atoms with Gasteiger partial charge in [-0.15, -0.1) is 0 Å². The van der Waals surface area contributed by atoms with E-state index < -0.39 is 57.8 Å². The third-order valence-electron chi connectivity index (χ3n) is 3.94. The fourth-order valence-corrected chi connectivity index (χ4v) is 3.12. The molecule has 0 spiro atoms. The summed E-state index contributed by atoms with van der Waals surface area (Å²) in [5.74, 6) is 0.0603. The van der Waals surface area contributed by atoms with Crippen molar-refractivity contribution < 1.29 is 11.0 Å². The standard InChI is InChI=1S/C15H28N2/c1-2-8-14(9-3-1)15(16-10-4-5-11-16)17-12-6-7-13-17/h14-15H,1-13H2/i4D,5D,6D,7D,10D,11D,12D,13D. The first-order chi connectivity index (χ1) is 11.8. The molecule has 2 heteroatoms. The van der Waals surface area contributed by atoms with Crippen molar-refractivity contribution in [2.24, 2.45) is 5.92 Å². The second-order valence-corrected chi connectivity index (χ2v) is 5.07. The summed E-state index contributed by atoms with van der Waals surface area (Å²) in [6.45, 7) is -4.15. The molecule has 2 saturated heterocycles. The summed E-state index contributed by atoms with van der Waals surface area (Å²) in [6.07, 6.45) is 0.280. The average Bonchev–Trinajstić information content (AvgIpc) is 2.92. The van der Waals surface area contributed by atoms with E-state index in [2.05, 4.69) is 0 Å². The zero-order valence-electron chi connectivity index (χ0n) is 18.2. The normalized spacial score (nSPS) is 72.5. The lowest BCUT2D eigenvalue weighted by Gasteiger charge is -2.42. The van der Waals surface area contributed by atoms with Crippen LogP contribution in [0.25, 0.3) is 0 Å². The molecule has 0 radical (unpaired) electrons. The average molecular weight is 244 g/mol. The van der Waals surface area contributed by atoms with Gasteiger partial charge in [0, 0.05) is 11.0 Å². The predicted molar refractivity (Wildman–Crippen MR) is 72.0 cm³/mol. The van der Waals surface area contributed by atoms with E-state index in [0.29, 0.717) is 0 Å². The highest BCUT2D eigenvalue weighted by Crippen LogP contribution is 2.33. The number of rotatable bonds is 3. The van der Waals surface area contributed by atoms with E-state index >= 15 is 0 Å². The van der Waals surface area contributed by atoms with Crippen molar-refractivity contribution in [2.75, 3.05) is 26.1 Å². The van der Waals surface area contributed by atoms with Crippen LogP contribution in [0.15, 0.2) is 0 Å². The first kappa shape index (κ1) is 5.92. The van der Waals surface area contributed by atoms with Gasteiger partial charge in [0.1, 0.15) is 0 Å². The van der Waals surface area contributed by atoms with Crippen LogP contribution in [0.4, 0.5) is 0 Å². The summed E-state index contributed by atoms with van der Waals surface area (Å²) < 4.78 is 65.6. The van der Waals surface area contributed by atoms with Crippen LogP contribution >= 0.6 is 0 Å². The molecule has 98 valence electrons. The number of likely N-dealkylation sites (tertiary alicyclic amines) is 2. The molecule has 3 fully saturated rings. The first-order valence-electron chi connectivity index (χ1n) is 11.3. The van der Waals surface area contributed by atoms with E-state index in [9.17, 15) is 0 Å². The summed E-state index contributed by atoms with van der Waals surface area (Å²) in [7, 11) is 0. The molecule has 1 aliphatic carbocycles. The highest BCUT2D eigenvalue weighted by molar-refractivity contribution is 4.86. The summed E-state index contributed by atoms with van der Waals surface area (Å²) in [4.78, 5) is 3.05. The topological polar surface area (TPSA) is 6.48 Å². The van der Waals surface area contributed by atoms with Gasteiger partial charge in [0.2, 0.25) is 0 Å². The van der Waals surface area contributed by atoms with Crippen molar-refractivity contribution >= 4 is 0 Å². The van der Waals surface area contributed by atoms with Crippen molar-refractivity contribution in [1.29, 1.82) is 0 Å². The Kier molecular flexibility index (Phi) is 1.99. The van der Waals surface area contributed by atoms with E-state index in [0.717, 1.165) is 32.1 Å². The van der Waals surface area contributed by atoms with E-state index in [-0.39, 0.29) is 5.92 Å². The van der Waals surface area contributed by atoms with Gasteiger partial charge >= 0.3 is 0 Å². The summed E-state index contributed by atoms with van der Waals surface area (Å²) in [5.41, 5.74) is 0. The van der Waals surface area contributed by atoms with Crippen LogP contribution in [-0.2, 0) is 0 Å². The second kappa shape index (κ2) is 5.71. The maximum absolute atomic E-state index is 8.36. The van der Waals surface area contributed by atoms with E-state index in [1.165, 1.54) is 9.80 Å². The van der Waals surface area contributed by atoms with Gasteiger partial charge < -0.3 is 0 Å². The molecule has 8 unspecified atom stereocenters. The van der Waals surface area contributed by atoms with Crippen molar-refractivity contribution in [2.45, 2.75) is 63.9 Å². The molecule has 17 heavy (non-hydrogen) atoms. The van der Waals surface area contributed by atoms with Crippen LogP contribution in [0.1, 0.15) is 68.7 Å². The second-order valence-electron chi connectivity index (χ2n) is 5.07. The highest BCUT2D eigenvalue weighted by Gasteiger charge is 2.35. The minimum Gasteiger partial charge on any atom is -0.288 e. The number of nitrogens with zero attached hydrogens (tertiary/aromatic N) is 2. The first-order valence-corrected chi connectivity index (χ1v) is 6.70. The van der Waals surface area contributed by atoms with Gasteiger partial charge in [-0.3, -0.25) is 9.80 Å². The molecule has 1 saturated carbocycles. The van der Waals surface area contributed by atoms with E-state index in [4.69, 9.17) is 11.0 Å². The van der Waals surface area contributed by atoms with Crippen molar-refractivity contribution in [3.05, 3.63) is 0 Å². The molecule has 3 rings (SSSR count). The maximum Gasteiger partial charge on any atom is 0.0651 e. The monoisotopic (exact) mass is 244 g/mol. The van der Waals surface area contributed by atoms with Crippen LogP contribution in [-0.4, -0.2) is 42.0 Å². The van der Waals surface area contributed by atoms with E-state index in [1.807, 2.05) is 0 Å². The van der Waals surface area contributed by atoms with Gasteiger partial charge in [0.25, 0.3) is 0 Å². The zero-order valence-corrected chi connectivity index (χ0v) is 10.2. The van der Waals surface area contributed by atoms with E-state index in [1.54, 1.807) is 0 Å². The molecule has 2 heterocycles. The van der Waals surface area contributed by atoms with Crippen molar-refractivity contribution in [1.82, 2.24) is 9.80 Å². The fraction of sp³-hybridized carbons (Fsp3) is 1.00. The molecule has 0 amide bonds. The van der Waals surface area contributed by atoms with Crippen LogP contribution < -0.4 is 0 Å². The lowest BCUT2D eigenvalue weighted by Crippen LogP contribution is -2.51. The largest absolute Gasteiger partial charge is 0.288 e. The Morgan fingerprint density at radius 1 is 0.765 bits per heavy atom. The number of hydrogen-bond acceptors (Lipinski definition) is 2. The molecule has 2 nitrogen and oxygen atoms in total. The van der Waals surface area contributed by atoms with Gasteiger partial charge in [-0.25, -0.2) is 0 Å². The van der Waals surface area contributed by atoms with Crippen LogP contribution in [0.2, 0.25) is 0 Å². The SMILES string of the molecule is [2H]C1C([2H])C([2H])N(C(C2CCCCC2)N2C([2H])C([2H])C([2H])C2[2H])C1[2H]. The fourth-order valence-electron chi connectivity index (χ4n) is 3.12. The number of hydrogen-bond donors (Lipinski definition) is 0. The molecule has 0 bridgehead atoms. The van der Waals surface area contributed by atoms with Crippen molar-refractivity contribution in [3.63, 3.8) is 0 Å². The smallest absolute Gasteiger partial charge is 0.0651 e. The quantitative estimate of drug-likeness (QED) is 0.753. The molecule has 3 aliphatic rings. The van der Waals surface area contributed by atoms with Gasteiger partial charge in [0.15, 0.2) is 0 Å². The van der Waals surface area contributed by atoms with Gasteiger partial charge in [-0.1, -0.05) is 19.3 Å². The molecule has 0 aromatic heterocycles. The minimum atomic E-state index is -1.04. The molecule has 2 aliphatic heterocycles. The lowest BCUT2D eigenvalue weighted by atomic mass is 9.86. The molecule has 0 aromatic carbocycles. The van der Waals surface area contributed by atoms with Crippen LogP contribution in [0.5, 0.6) is 0 Å². The van der Waals surface area contributed by atoms with Crippen molar-refractivity contribution in [3.8, 4) is 0 Å². The Morgan fingerprint density at radius 2 is 1.24 bits per heavy atom.